The van der Waals surface area contributed by atoms with Crippen molar-refractivity contribution in [1.82, 2.24) is 0 Å². The van der Waals surface area contributed by atoms with E-state index in [0.717, 1.165) is 6.54 Å². The molecule has 0 aliphatic rings. The van der Waals surface area contributed by atoms with Crippen molar-refractivity contribution in [1.29, 1.82) is 0 Å². The summed E-state index contributed by atoms with van der Waals surface area (Å²) in [5.41, 5.74) is 4.76. The molecule has 0 saturated carbocycles. The first-order valence-corrected chi connectivity index (χ1v) is 7.18. The molecular formula is C20H18BrMgN. The van der Waals surface area contributed by atoms with Crippen molar-refractivity contribution < 1.29 is 17.0 Å². The predicted molar refractivity (Wildman–Crippen MR) is 94.5 cm³/mol. The zero-order chi connectivity index (χ0) is 14.5. The zero-order valence-corrected chi connectivity index (χ0v) is 16.2. The first kappa shape index (κ1) is 19.8. The molecule has 3 heteroatoms. The molecule has 0 atom stereocenters. The number of benzene rings is 3. The third-order valence-corrected chi connectivity index (χ3v) is 3.47. The van der Waals surface area contributed by atoms with Crippen molar-refractivity contribution in [2.75, 3.05) is 4.90 Å². The Morgan fingerprint density at radius 3 is 1.74 bits per heavy atom. The molecule has 0 radical (unpaired) electrons. The van der Waals surface area contributed by atoms with E-state index < -0.39 is 0 Å². The van der Waals surface area contributed by atoms with E-state index in [-0.39, 0.29) is 40.0 Å². The maximum Gasteiger partial charge on any atom is 2.00 e. The molecule has 1 nitrogen and oxygen atoms in total. The van der Waals surface area contributed by atoms with E-state index in [4.69, 9.17) is 0 Å². The van der Waals surface area contributed by atoms with E-state index in [2.05, 4.69) is 84.6 Å². The second-order valence-corrected chi connectivity index (χ2v) is 5.12. The van der Waals surface area contributed by atoms with Crippen LogP contribution in [0.25, 0.3) is 0 Å². The van der Waals surface area contributed by atoms with Gasteiger partial charge in [0.25, 0.3) is 0 Å². The summed E-state index contributed by atoms with van der Waals surface area (Å²) in [5, 5.41) is 0. The smallest absolute Gasteiger partial charge is 1.00 e. The molecule has 112 valence electrons. The first-order chi connectivity index (χ1) is 10.3. The maximum atomic E-state index is 3.44. The summed E-state index contributed by atoms with van der Waals surface area (Å²) >= 11 is 0. The van der Waals surface area contributed by atoms with Crippen molar-refractivity contribution in [3.05, 3.63) is 96.1 Å². The van der Waals surface area contributed by atoms with Gasteiger partial charge in [-0.2, -0.15) is 29.8 Å². The van der Waals surface area contributed by atoms with Gasteiger partial charge >= 0.3 is 23.1 Å². The molecule has 0 aliphatic heterocycles. The molecule has 3 aromatic carbocycles. The van der Waals surface area contributed by atoms with E-state index in [9.17, 15) is 0 Å². The summed E-state index contributed by atoms with van der Waals surface area (Å²) in [6.07, 6.45) is 0. The summed E-state index contributed by atoms with van der Waals surface area (Å²) in [6.45, 7) is 2.90. The summed E-state index contributed by atoms with van der Waals surface area (Å²) < 4.78 is 0. The molecule has 3 rings (SSSR count). The van der Waals surface area contributed by atoms with Gasteiger partial charge in [0, 0.05) is 17.9 Å². The van der Waals surface area contributed by atoms with Crippen LogP contribution < -0.4 is 21.9 Å². The molecule has 0 bridgehead atoms. The van der Waals surface area contributed by atoms with Crippen LogP contribution in [0.1, 0.15) is 11.1 Å². The zero-order valence-electron chi connectivity index (χ0n) is 13.2. The Morgan fingerprint density at radius 2 is 1.26 bits per heavy atom. The van der Waals surface area contributed by atoms with Gasteiger partial charge < -0.3 is 21.9 Å². The second-order valence-electron chi connectivity index (χ2n) is 5.12. The minimum atomic E-state index is 0. The van der Waals surface area contributed by atoms with Gasteiger partial charge in [-0.05, 0) is 24.3 Å². The molecule has 0 spiro atoms. The standard InChI is InChI=1S/C20H18N.BrH.Mg/c1-17-9-8-10-18(15-17)16-21(19-11-4-2-5-12-19)20-13-6-3-7-14-20;;/h2-14H,16H2,1H3;1H;/q-1;;+2/p-1. The molecule has 0 unspecified atom stereocenters. The number of anilines is 2. The summed E-state index contributed by atoms with van der Waals surface area (Å²) in [7, 11) is 0. The van der Waals surface area contributed by atoms with Crippen LogP contribution in [0.15, 0.2) is 78.9 Å². The predicted octanol–water partition coefficient (Wildman–Crippen LogP) is 1.76. The van der Waals surface area contributed by atoms with Crippen molar-refractivity contribution in [2.45, 2.75) is 13.5 Å². The molecule has 3 aromatic rings. The van der Waals surface area contributed by atoms with Gasteiger partial charge in [-0.15, -0.1) is 5.56 Å². The van der Waals surface area contributed by atoms with E-state index in [1.54, 1.807) is 0 Å². The fourth-order valence-corrected chi connectivity index (χ4v) is 2.46. The third-order valence-electron chi connectivity index (χ3n) is 3.47. The Morgan fingerprint density at radius 1 is 0.739 bits per heavy atom. The molecular weight excluding hydrogens is 358 g/mol. The van der Waals surface area contributed by atoms with Crippen LogP contribution in [-0.2, 0) is 6.54 Å². The van der Waals surface area contributed by atoms with E-state index in [0.29, 0.717) is 0 Å². The van der Waals surface area contributed by atoms with E-state index >= 15 is 0 Å². The maximum absolute atomic E-state index is 3.44. The molecule has 0 saturated heterocycles. The molecule has 23 heavy (non-hydrogen) atoms. The van der Waals surface area contributed by atoms with Crippen LogP contribution in [0.3, 0.4) is 0 Å². The van der Waals surface area contributed by atoms with Gasteiger partial charge in [-0.25, -0.2) is 0 Å². The number of rotatable bonds is 4. The quantitative estimate of drug-likeness (QED) is 0.495. The summed E-state index contributed by atoms with van der Waals surface area (Å²) in [5.74, 6) is 0. The van der Waals surface area contributed by atoms with Crippen molar-refractivity contribution >= 4 is 34.4 Å². The Kier molecular flexibility index (Phi) is 8.38. The molecule has 0 heterocycles. The number of para-hydroxylation sites is 2. The van der Waals surface area contributed by atoms with Crippen molar-refractivity contribution in [2.24, 2.45) is 0 Å². The van der Waals surface area contributed by atoms with Crippen LogP contribution in [-0.4, -0.2) is 23.1 Å². The minimum absolute atomic E-state index is 0. The number of hydrogen-bond acceptors (Lipinski definition) is 1. The monoisotopic (exact) mass is 375 g/mol. The number of aryl methyl sites for hydroxylation is 1. The van der Waals surface area contributed by atoms with Crippen LogP contribution in [0, 0.1) is 13.0 Å². The van der Waals surface area contributed by atoms with Crippen LogP contribution in [0.4, 0.5) is 11.4 Å². The minimum Gasteiger partial charge on any atom is -1.00 e. The molecule has 0 aromatic heterocycles. The molecule has 0 amide bonds. The van der Waals surface area contributed by atoms with Crippen LogP contribution in [0.2, 0.25) is 0 Å². The Balaban J connectivity index is 0.00000132. The summed E-state index contributed by atoms with van der Waals surface area (Å²) in [4.78, 5) is 2.31. The molecule has 0 aliphatic carbocycles. The third kappa shape index (κ3) is 5.38. The number of halogens is 1. The van der Waals surface area contributed by atoms with Gasteiger partial charge in [0.1, 0.15) is 0 Å². The van der Waals surface area contributed by atoms with Crippen LogP contribution in [0.5, 0.6) is 0 Å². The normalized spacial score (nSPS) is 9.43. The number of hydrogen-bond donors (Lipinski definition) is 0. The van der Waals surface area contributed by atoms with Crippen LogP contribution >= 0.6 is 0 Å². The van der Waals surface area contributed by atoms with Gasteiger partial charge in [-0.1, -0.05) is 43.3 Å². The van der Waals surface area contributed by atoms with Gasteiger partial charge in [0.2, 0.25) is 0 Å². The van der Waals surface area contributed by atoms with Gasteiger partial charge in [-0.3, -0.25) is 0 Å². The van der Waals surface area contributed by atoms with Gasteiger partial charge in [0.15, 0.2) is 0 Å². The summed E-state index contributed by atoms with van der Waals surface area (Å²) in [6, 6.07) is 30.7. The first-order valence-electron chi connectivity index (χ1n) is 7.18. The van der Waals surface area contributed by atoms with Crippen molar-refractivity contribution in [3.8, 4) is 0 Å². The molecule has 0 fully saturated rings. The Labute approximate surface area is 165 Å². The molecule has 0 N–H and O–H groups in total. The SMILES string of the molecule is Cc1[c-]c(CN(c2ccccc2)c2ccccc2)ccc1.[Br-].[Mg+2]. The number of nitrogens with zero attached hydrogens (tertiary/aromatic N) is 1. The Bertz CT molecular complexity index is 662. The van der Waals surface area contributed by atoms with E-state index in [1.807, 2.05) is 12.1 Å². The topological polar surface area (TPSA) is 3.24 Å². The van der Waals surface area contributed by atoms with Crippen molar-refractivity contribution in [3.63, 3.8) is 0 Å². The second kappa shape index (κ2) is 9.76. The van der Waals surface area contributed by atoms with E-state index in [1.165, 1.54) is 22.5 Å². The fourth-order valence-electron chi connectivity index (χ4n) is 2.46. The Hall–Kier alpha value is -1.29. The average Bonchev–Trinajstić information content (AvgIpc) is 2.54. The average molecular weight is 377 g/mol. The van der Waals surface area contributed by atoms with Gasteiger partial charge in [0.05, 0.1) is 0 Å². The fraction of sp³-hybridized carbons (Fsp3) is 0.100. The largest absolute Gasteiger partial charge is 2.00 e.